The third kappa shape index (κ3) is 3.70. The number of nitrogens with two attached hydrogens (primary N) is 1. The molecule has 1 heterocycles. The molecule has 0 spiro atoms. The van der Waals surface area contributed by atoms with Gasteiger partial charge in [-0.05, 0) is 74.6 Å². The van der Waals surface area contributed by atoms with Crippen LogP contribution in [0.5, 0.6) is 0 Å². The smallest absolute Gasteiger partial charge is 0.352 e. The Morgan fingerprint density at radius 1 is 1.25 bits per heavy atom. The van der Waals surface area contributed by atoms with Gasteiger partial charge in [0, 0.05) is 27.2 Å². The molecule has 0 aliphatic heterocycles. The Kier molecular flexibility index (Phi) is 5.47. The van der Waals surface area contributed by atoms with Crippen LogP contribution in [-0.4, -0.2) is 16.1 Å². The number of urea groups is 1. The number of fused-ring (bicyclic) bond motifs is 2. The van der Waals surface area contributed by atoms with Crippen LogP contribution in [0.25, 0.3) is 0 Å². The standard InChI is InChI=1S/C19H23BrN4O2S2/c1-19(2,26)14-9-22-18(27-14)28(21)24-17(25)23-16-12-7-3-5-10(12)15(20)11-6-4-8-13(11)16/h9,26H,3-8H2,1-2H3,(H3,21,23,24,25). The summed E-state index contributed by atoms with van der Waals surface area (Å²) < 4.78 is 5.90. The van der Waals surface area contributed by atoms with Gasteiger partial charge in [0.15, 0.2) is 4.34 Å². The normalized spacial score (nSPS) is 16.9. The molecule has 4 N–H and O–H groups in total. The molecule has 2 amide bonds. The molecule has 1 unspecified atom stereocenters. The summed E-state index contributed by atoms with van der Waals surface area (Å²) in [7, 11) is -1.15. The van der Waals surface area contributed by atoms with Crippen molar-refractivity contribution in [1.29, 1.82) is 0 Å². The van der Waals surface area contributed by atoms with E-state index in [2.05, 4.69) is 30.6 Å². The van der Waals surface area contributed by atoms with E-state index in [9.17, 15) is 9.90 Å². The molecule has 0 saturated carbocycles. The van der Waals surface area contributed by atoms with Gasteiger partial charge in [0.25, 0.3) is 0 Å². The number of halogens is 1. The van der Waals surface area contributed by atoms with Gasteiger partial charge in [-0.2, -0.15) is 0 Å². The number of aromatic nitrogens is 1. The highest BCUT2D eigenvalue weighted by molar-refractivity contribution is 9.10. The van der Waals surface area contributed by atoms with E-state index in [1.54, 1.807) is 20.0 Å². The van der Waals surface area contributed by atoms with E-state index in [4.69, 9.17) is 5.14 Å². The Labute approximate surface area is 179 Å². The second-order valence-electron chi connectivity index (χ2n) is 7.70. The van der Waals surface area contributed by atoms with Crippen LogP contribution in [0, 0.1) is 0 Å². The van der Waals surface area contributed by atoms with Gasteiger partial charge in [-0.25, -0.2) is 9.78 Å². The predicted molar refractivity (Wildman–Crippen MR) is 117 cm³/mol. The van der Waals surface area contributed by atoms with Gasteiger partial charge in [0.1, 0.15) is 0 Å². The van der Waals surface area contributed by atoms with Crippen molar-refractivity contribution in [2.75, 3.05) is 5.32 Å². The molecule has 0 radical (unpaired) electrons. The van der Waals surface area contributed by atoms with E-state index in [1.165, 1.54) is 38.1 Å². The number of benzene rings is 1. The number of hydrogen-bond acceptors (Lipinski definition) is 4. The monoisotopic (exact) mass is 482 g/mol. The topological polar surface area (TPSA) is 101 Å². The second kappa shape index (κ2) is 7.60. The van der Waals surface area contributed by atoms with Crippen LogP contribution in [0.2, 0.25) is 0 Å². The number of anilines is 1. The van der Waals surface area contributed by atoms with Gasteiger partial charge in [-0.1, -0.05) is 15.9 Å². The summed E-state index contributed by atoms with van der Waals surface area (Å²) in [4.78, 5) is 17.6. The fourth-order valence-electron chi connectivity index (χ4n) is 3.93. The molecule has 0 fully saturated rings. The van der Waals surface area contributed by atoms with Crippen molar-refractivity contribution in [3.8, 4) is 0 Å². The minimum Gasteiger partial charge on any atom is -0.385 e. The third-order valence-electron chi connectivity index (χ3n) is 5.25. The lowest BCUT2D eigenvalue weighted by Crippen LogP contribution is -2.15. The van der Waals surface area contributed by atoms with Crippen molar-refractivity contribution in [2.45, 2.75) is 62.3 Å². The highest BCUT2D eigenvalue weighted by atomic mass is 79.9. The Morgan fingerprint density at radius 2 is 1.82 bits per heavy atom. The average molecular weight is 483 g/mol. The van der Waals surface area contributed by atoms with Crippen LogP contribution in [0.15, 0.2) is 19.4 Å². The summed E-state index contributed by atoms with van der Waals surface area (Å²) >= 11 is 5.08. The van der Waals surface area contributed by atoms with E-state index >= 15 is 0 Å². The predicted octanol–water partition coefficient (Wildman–Crippen LogP) is 4.38. The molecule has 2 aromatic rings. The molecule has 1 aromatic carbocycles. The lowest BCUT2D eigenvalue weighted by Gasteiger charge is -2.17. The van der Waals surface area contributed by atoms with Crippen molar-refractivity contribution in [3.63, 3.8) is 0 Å². The molecule has 1 atom stereocenters. The van der Waals surface area contributed by atoms with E-state index in [0.29, 0.717) is 9.22 Å². The zero-order chi connectivity index (χ0) is 20.1. The quantitative estimate of drug-likeness (QED) is 0.603. The lowest BCUT2D eigenvalue weighted by molar-refractivity contribution is 0.0823. The van der Waals surface area contributed by atoms with Crippen molar-refractivity contribution < 1.29 is 9.90 Å². The summed E-state index contributed by atoms with van der Waals surface area (Å²) in [5.41, 5.74) is 5.11. The lowest BCUT2D eigenvalue weighted by atomic mass is 9.99. The van der Waals surface area contributed by atoms with E-state index in [1.807, 2.05) is 0 Å². The molecule has 4 rings (SSSR count). The molecular weight excluding hydrogens is 460 g/mol. The summed E-state index contributed by atoms with van der Waals surface area (Å²) in [5.74, 6) is 0. The third-order valence-corrected chi connectivity index (χ3v) is 8.90. The number of hydrogen-bond donors (Lipinski definition) is 3. The van der Waals surface area contributed by atoms with Crippen molar-refractivity contribution >= 4 is 49.9 Å². The molecule has 9 heteroatoms. The van der Waals surface area contributed by atoms with Gasteiger partial charge in [-0.15, -0.1) is 15.7 Å². The number of rotatable bonds is 3. The Hall–Kier alpha value is -1.13. The van der Waals surface area contributed by atoms with E-state index < -0.39 is 22.5 Å². The second-order valence-corrected chi connectivity index (χ2v) is 11.0. The SMILES string of the molecule is CC(C)(O)c1cnc(S(N)=NC(=O)Nc2c3c(c(Br)c4c2CCC4)CCC3)s1. The first-order valence-electron chi connectivity index (χ1n) is 9.31. The molecule has 6 nitrogen and oxygen atoms in total. The van der Waals surface area contributed by atoms with Crippen molar-refractivity contribution in [2.24, 2.45) is 9.50 Å². The summed E-state index contributed by atoms with van der Waals surface area (Å²) in [6, 6.07) is -0.434. The van der Waals surface area contributed by atoms with Crippen LogP contribution >= 0.6 is 27.3 Å². The van der Waals surface area contributed by atoms with Crippen LogP contribution in [0.1, 0.15) is 53.8 Å². The maximum atomic E-state index is 12.6. The first-order chi connectivity index (χ1) is 13.3. The van der Waals surface area contributed by atoms with Gasteiger partial charge < -0.3 is 10.4 Å². The highest BCUT2D eigenvalue weighted by Gasteiger charge is 2.28. The fraction of sp³-hybridized carbons (Fsp3) is 0.474. The molecule has 150 valence electrons. The maximum Gasteiger partial charge on any atom is 0.352 e. The maximum absolute atomic E-state index is 12.6. The Balaban J connectivity index is 1.61. The van der Waals surface area contributed by atoms with Crippen molar-refractivity contribution in [1.82, 2.24) is 4.98 Å². The van der Waals surface area contributed by atoms with Crippen molar-refractivity contribution in [3.05, 3.63) is 37.8 Å². The number of carbonyl (C=O) groups excluding carboxylic acids is 1. The van der Waals surface area contributed by atoms with Crippen LogP contribution in [-0.2, 0) is 42.2 Å². The first-order valence-corrected chi connectivity index (χ1v) is 12.2. The zero-order valence-corrected chi connectivity index (χ0v) is 19.1. The largest absolute Gasteiger partial charge is 0.385 e. The average Bonchev–Trinajstić information content (AvgIpc) is 3.38. The number of carbonyl (C=O) groups is 1. The number of nitrogens with zero attached hydrogens (tertiary/aromatic N) is 2. The minimum absolute atomic E-state index is 0.434. The molecule has 2 aliphatic carbocycles. The van der Waals surface area contributed by atoms with Gasteiger partial charge in [0.05, 0.1) is 10.5 Å². The van der Waals surface area contributed by atoms with E-state index in [0.717, 1.165) is 44.2 Å². The first kappa shape index (κ1) is 20.2. The van der Waals surface area contributed by atoms with Crippen LogP contribution in [0.4, 0.5) is 10.5 Å². The summed E-state index contributed by atoms with van der Waals surface area (Å²) in [6.45, 7) is 3.38. The fourth-order valence-corrected chi connectivity index (χ4v) is 6.64. The highest BCUT2D eigenvalue weighted by Crippen LogP contribution is 2.44. The number of thiazole rings is 1. The number of aliphatic hydroxyl groups is 1. The molecular formula is C19H23BrN4O2S2. The Bertz CT molecular complexity index is 960. The Morgan fingerprint density at radius 3 is 2.36 bits per heavy atom. The molecule has 0 saturated heterocycles. The minimum atomic E-state index is -1.15. The molecule has 28 heavy (non-hydrogen) atoms. The molecule has 2 aliphatic rings. The molecule has 0 bridgehead atoms. The zero-order valence-electron chi connectivity index (χ0n) is 15.8. The van der Waals surface area contributed by atoms with Crippen LogP contribution in [0.3, 0.4) is 0 Å². The van der Waals surface area contributed by atoms with Gasteiger partial charge >= 0.3 is 6.03 Å². The molecule has 1 aromatic heterocycles. The van der Waals surface area contributed by atoms with E-state index in [-0.39, 0.29) is 0 Å². The van der Waals surface area contributed by atoms with Gasteiger partial charge in [0.2, 0.25) is 0 Å². The van der Waals surface area contributed by atoms with Crippen LogP contribution < -0.4 is 10.5 Å². The number of nitrogens with one attached hydrogen (secondary N) is 1. The van der Waals surface area contributed by atoms with Gasteiger partial charge in [-0.3, -0.25) is 5.14 Å². The summed E-state index contributed by atoms with van der Waals surface area (Å²) in [6.07, 6.45) is 7.86. The summed E-state index contributed by atoms with van der Waals surface area (Å²) in [5, 5.41) is 19.2. The number of amides is 2.